The lowest BCUT2D eigenvalue weighted by molar-refractivity contribution is 0.0545. The highest BCUT2D eigenvalue weighted by Gasteiger charge is 2.24. The molecule has 2 atom stereocenters. The highest BCUT2D eigenvalue weighted by molar-refractivity contribution is 7.21. The predicted molar refractivity (Wildman–Crippen MR) is 106 cm³/mol. The second-order valence-electron chi connectivity index (χ2n) is 6.40. The van der Waals surface area contributed by atoms with E-state index in [1.807, 2.05) is 26.0 Å². The van der Waals surface area contributed by atoms with Gasteiger partial charge >= 0.3 is 6.01 Å². The molecule has 0 fully saturated rings. The minimum atomic E-state index is -0.674. The summed E-state index contributed by atoms with van der Waals surface area (Å²) in [5.41, 5.74) is 1.27. The number of nitrogens with zero attached hydrogens (tertiary/aromatic N) is 2. The average Bonchev–Trinajstić information content (AvgIpc) is 3.18. The molecule has 2 unspecified atom stereocenters. The fourth-order valence-electron chi connectivity index (χ4n) is 2.63. The van der Waals surface area contributed by atoms with Crippen molar-refractivity contribution in [3.05, 3.63) is 22.8 Å². The third-order valence-electron chi connectivity index (χ3n) is 4.15. The van der Waals surface area contributed by atoms with Crippen LogP contribution in [-0.4, -0.2) is 39.6 Å². The number of aromatic nitrogens is 2. The lowest BCUT2D eigenvalue weighted by atomic mass is 10.1. The van der Waals surface area contributed by atoms with E-state index >= 15 is 0 Å². The Hall–Kier alpha value is -2.45. The number of aliphatic hydroxyl groups excluding tert-OH is 1. The SMILES string of the molecule is CCNc1c(C(C)=O)sc2nc(OC(C)C(C)O)nc(-c3ccc(C)o3)c12. The van der Waals surface area contributed by atoms with Gasteiger partial charge in [0, 0.05) is 13.5 Å². The highest BCUT2D eigenvalue weighted by Crippen LogP contribution is 2.41. The van der Waals surface area contributed by atoms with Crippen LogP contribution in [0.3, 0.4) is 0 Å². The molecule has 0 aliphatic carbocycles. The lowest BCUT2D eigenvalue weighted by Gasteiger charge is -2.16. The minimum absolute atomic E-state index is 0.0460. The van der Waals surface area contributed by atoms with Gasteiger partial charge in [-0.2, -0.15) is 9.97 Å². The van der Waals surface area contributed by atoms with Crippen molar-refractivity contribution in [1.82, 2.24) is 9.97 Å². The fraction of sp³-hybridized carbons (Fsp3) is 0.421. The molecule has 7 nitrogen and oxygen atoms in total. The van der Waals surface area contributed by atoms with Gasteiger partial charge in [0.25, 0.3) is 0 Å². The first-order valence-corrected chi connectivity index (χ1v) is 9.64. The second-order valence-corrected chi connectivity index (χ2v) is 7.40. The molecule has 0 spiro atoms. The van der Waals surface area contributed by atoms with E-state index in [2.05, 4.69) is 15.3 Å². The molecule has 27 heavy (non-hydrogen) atoms. The Morgan fingerprint density at radius 3 is 2.67 bits per heavy atom. The number of carbonyl (C=O) groups is 1. The van der Waals surface area contributed by atoms with E-state index in [9.17, 15) is 9.90 Å². The first-order valence-electron chi connectivity index (χ1n) is 8.82. The summed E-state index contributed by atoms with van der Waals surface area (Å²) in [6, 6.07) is 3.83. The van der Waals surface area contributed by atoms with Gasteiger partial charge in [0.15, 0.2) is 11.5 Å². The van der Waals surface area contributed by atoms with Crippen molar-refractivity contribution < 1.29 is 19.1 Å². The number of carbonyl (C=O) groups excluding carboxylic acids is 1. The van der Waals surface area contributed by atoms with Crippen molar-refractivity contribution in [2.24, 2.45) is 0 Å². The lowest BCUT2D eigenvalue weighted by Crippen LogP contribution is -2.26. The molecule has 0 saturated carbocycles. The van der Waals surface area contributed by atoms with Crippen LogP contribution in [0.4, 0.5) is 5.69 Å². The first-order chi connectivity index (χ1) is 12.8. The predicted octanol–water partition coefficient (Wildman–Crippen LogP) is 4.04. The van der Waals surface area contributed by atoms with E-state index in [1.54, 1.807) is 13.8 Å². The van der Waals surface area contributed by atoms with Crippen LogP contribution in [0.15, 0.2) is 16.5 Å². The molecule has 144 valence electrons. The molecule has 8 heteroatoms. The summed E-state index contributed by atoms with van der Waals surface area (Å²) in [6.07, 6.45) is -1.15. The smallest absolute Gasteiger partial charge is 0.318 e. The average molecular weight is 389 g/mol. The zero-order chi connectivity index (χ0) is 19.7. The van der Waals surface area contributed by atoms with Crippen molar-refractivity contribution >= 4 is 33.0 Å². The van der Waals surface area contributed by atoms with Gasteiger partial charge in [0.1, 0.15) is 22.4 Å². The Labute approximate surface area is 161 Å². The molecule has 0 aromatic carbocycles. The molecular weight excluding hydrogens is 366 g/mol. The maximum absolute atomic E-state index is 12.1. The molecule has 0 aliphatic heterocycles. The van der Waals surface area contributed by atoms with E-state index < -0.39 is 12.2 Å². The number of hydrogen-bond acceptors (Lipinski definition) is 8. The number of aliphatic hydroxyl groups is 1. The summed E-state index contributed by atoms with van der Waals surface area (Å²) in [5.74, 6) is 1.28. The van der Waals surface area contributed by atoms with E-state index in [1.165, 1.54) is 18.3 Å². The number of rotatable bonds is 7. The van der Waals surface area contributed by atoms with E-state index in [-0.39, 0.29) is 11.8 Å². The number of nitrogens with one attached hydrogen (secondary N) is 1. The Morgan fingerprint density at radius 1 is 1.37 bits per heavy atom. The van der Waals surface area contributed by atoms with Crippen molar-refractivity contribution in [2.75, 3.05) is 11.9 Å². The second kappa shape index (κ2) is 7.66. The van der Waals surface area contributed by atoms with Crippen LogP contribution in [0.25, 0.3) is 21.7 Å². The maximum Gasteiger partial charge on any atom is 0.318 e. The quantitative estimate of drug-likeness (QED) is 0.589. The van der Waals surface area contributed by atoms with Gasteiger partial charge in [-0.25, -0.2) is 0 Å². The summed E-state index contributed by atoms with van der Waals surface area (Å²) in [6.45, 7) is 9.39. The monoisotopic (exact) mass is 389 g/mol. The Bertz CT molecular complexity index is 977. The fourth-order valence-corrected chi connectivity index (χ4v) is 3.67. The van der Waals surface area contributed by atoms with Crippen LogP contribution in [0.1, 0.15) is 43.1 Å². The van der Waals surface area contributed by atoms with Gasteiger partial charge in [-0.05, 0) is 39.8 Å². The number of hydrogen-bond donors (Lipinski definition) is 2. The molecule has 3 aromatic heterocycles. The number of ketones is 1. The minimum Gasteiger partial charge on any atom is -0.460 e. The van der Waals surface area contributed by atoms with Crippen LogP contribution < -0.4 is 10.1 Å². The summed E-state index contributed by atoms with van der Waals surface area (Å²) >= 11 is 1.29. The van der Waals surface area contributed by atoms with E-state index in [0.717, 1.165) is 11.1 Å². The van der Waals surface area contributed by atoms with Crippen molar-refractivity contribution in [2.45, 2.75) is 46.8 Å². The van der Waals surface area contributed by atoms with Crippen LogP contribution in [0, 0.1) is 6.92 Å². The molecule has 0 radical (unpaired) electrons. The summed E-state index contributed by atoms with van der Waals surface area (Å²) in [5, 5.41) is 13.7. The number of ether oxygens (including phenoxy) is 1. The van der Waals surface area contributed by atoms with E-state index in [0.29, 0.717) is 33.4 Å². The molecule has 0 aliphatic rings. The summed E-state index contributed by atoms with van der Waals surface area (Å²) in [7, 11) is 0. The number of aryl methyl sites for hydroxylation is 1. The standard InChI is InChI=1S/C19H23N3O4S/c1-6-20-16-14-15(13-8-7-9(2)25-13)21-19(26-12(5)10(3)23)22-18(14)27-17(16)11(4)24/h7-8,10,12,20,23H,6H2,1-5H3. The molecule has 0 bridgehead atoms. The van der Waals surface area contributed by atoms with Gasteiger partial charge < -0.3 is 19.6 Å². The topological polar surface area (TPSA) is 97.5 Å². The molecule has 3 aromatic rings. The molecule has 3 rings (SSSR count). The van der Waals surface area contributed by atoms with Crippen LogP contribution >= 0.6 is 11.3 Å². The number of thiophene rings is 1. The highest BCUT2D eigenvalue weighted by atomic mass is 32.1. The molecule has 0 amide bonds. The Morgan fingerprint density at radius 2 is 2.11 bits per heavy atom. The third-order valence-corrected chi connectivity index (χ3v) is 5.33. The Balaban J connectivity index is 2.26. The van der Waals surface area contributed by atoms with Crippen molar-refractivity contribution in [3.63, 3.8) is 0 Å². The van der Waals surface area contributed by atoms with Crippen LogP contribution in [0.5, 0.6) is 6.01 Å². The first kappa shape index (κ1) is 19.3. The zero-order valence-corrected chi connectivity index (χ0v) is 16.8. The van der Waals surface area contributed by atoms with Crippen LogP contribution in [-0.2, 0) is 0 Å². The summed E-state index contributed by atoms with van der Waals surface area (Å²) in [4.78, 5) is 22.4. The van der Waals surface area contributed by atoms with E-state index in [4.69, 9.17) is 9.15 Å². The normalized spacial score (nSPS) is 13.6. The number of Topliss-reactive ketones (excluding diaryl/α,β-unsaturated/α-hetero) is 1. The van der Waals surface area contributed by atoms with Gasteiger partial charge in [0.05, 0.1) is 22.1 Å². The number of fused-ring (bicyclic) bond motifs is 1. The molecule has 2 N–H and O–H groups in total. The third kappa shape index (κ3) is 3.81. The Kier molecular flexibility index (Phi) is 5.48. The van der Waals surface area contributed by atoms with Crippen molar-refractivity contribution in [1.29, 1.82) is 0 Å². The van der Waals surface area contributed by atoms with Gasteiger partial charge in [-0.1, -0.05) is 0 Å². The largest absolute Gasteiger partial charge is 0.460 e. The summed E-state index contributed by atoms with van der Waals surface area (Å²) < 4.78 is 11.5. The number of anilines is 1. The van der Waals surface area contributed by atoms with Crippen molar-refractivity contribution in [3.8, 4) is 17.5 Å². The molecular formula is C19H23N3O4S. The maximum atomic E-state index is 12.1. The molecule has 0 saturated heterocycles. The zero-order valence-electron chi connectivity index (χ0n) is 16.0. The van der Waals surface area contributed by atoms with Gasteiger partial charge in [-0.15, -0.1) is 11.3 Å². The van der Waals surface area contributed by atoms with Gasteiger partial charge in [-0.3, -0.25) is 4.79 Å². The van der Waals surface area contributed by atoms with Gasteiger partial charge in [0.2, 0.25) is 0 Å². The van der Waals surface area contributed by atoms with Crippen LogP contribution in [0.2, 0.25) is 0 Å². The molecule has 3 heterocycles. The number of furan rings is 1.